The first-order chi connectivity index (χ1) is 13.3. The van der Waals surface area contributed by atoms with Crippen molar-refractivity contribution >= 4 is 34.2 Å². The molecule has 0 aliphatic heterocycles. The lowest BCUT2D eigenvalue weighted by Gasteiger charge is -2.13. The molecule has 9 heteroatoms. The third-order valence-corrected chi connectivity index (χ3v) is 3.81. The number of esters is 1. The number of fused-ring (bicyclic) bond motifs is 1. The molecule has 1 heterocycles. The number of nitrogens with one attached hydrogen (secondary N) is 1. The minimum atomic E-state index is -1.23. The van der Waals surface area contributed by atoms with E-state index in [0.29, 0.717) is 5.39 Å². The Morgan fingerprint density at radius 1 is 1.14 bits per heavy atom. The molecule has 0 bridgehead atoms. The lowest BCUT2D eigenvalue weighted by molar-refractivity contribution is -0.384. The highest BCUT2D eigenvalue weighted by Crippen LogP contribution is 2.18. The molecule has 0 unspecified atom stereocenters. The zero-order chi connectivity index (χ0) is 20.3. The summed E-state index contributed by atoms with van der Waals surface area (Å²) in [7, 11) is 0. The predicted octanol–water partition coefficient (Wildman–Crippen LogP) is 2.89. The average Bonchev–Trinajstić information content (AvgIpc) is 2.68. The van der Waals surface area contributed by atoms with E-state index in [2.05, 4.69) is 5.32 Å². The number of benzene rings is 2. The first kappa shape index (κ1) is 18.8. The molecule has 0 fully saturated rings. The second kappa shape index (κ2) is 7.70. The number of carbonyl (C=O) groups is 2. The maximum absolute atomic E-state index is 12.2. The molecule has 142 valence electrons. The molecule has 28 heavy (non-hydrogen) atoms. The summed E-state index contributed by atoms with van der Waals surface area (Å²) in [6, 6.07) is 12.7. The van der Waals surface area contributed by atoms with Crippen LogP contribution in [0.4, 0.5) is 11.4 Å². The van der Waals surface area contributed by atoms with Gasteiger partial charge in [-0.25, -0.2) is 4.79 Å². The third kappa shape index (κ3) is 4.04. The van der Waals surface area contributed by atoms with Crippen LogP contribution in [0.5, 0.6) is 0 Å². The number of nitrogens with zero attached hydrogens (tertiary/aromatic N) is 1. The van der Waals surface area contributed by atoms with Gasteiger partial charge < -0.3 is 14.5 Å². The van der Waals surface area contributed by atoms with Gasteiger partial charge in [-0.15, -0.1) is 0 Å². The number of carbonyl (C=O) groups excluding carboxylic acids is 2. The van der Waals surface area contributed by atoms with Gasteiger partial charge in [0, 0.05) is 23.9 Å². The topological polar surface area (TPSA) is 129 Å². The highest BCUT2D eigenvalue weighted by atomic mass is 16.6. The van der Waals surface area contributed by atoms with Gasteiger partial charge in [0.05, 0.1) is 10.3 Å². The molecule has 1 atom stereocenters. The Kier molecular flexibility index (Phi) is 5.16. The quantitative estimate of drug-likeness (QED) is 0.408. The Morgan fingerprint density at radius 3 is 2.64 bits per heavy atom. The van der Waals surface area contributed by atoms with Crippen molar-refractivity contribution in [2.75, 3.05) is 5.32 Å². The van der Waals surface area contributed by atoms with E-state index >= 15 is 0 Å². The highest BCUT2D eigenvalue weighted by Gasteiger charge is 2.22. The molecule has 3 aromatic rings. The maximum atomic E-state index is 12.2. The van der Waals surface area contributed by atoms with E-state index in [-0.39, 0.29) is 22.7 Å². The van der Waals surface area contributed by atoms with Gasteiger partial charge >= 0.3 is 5.97 Å². The summed E-state index contributed by atoms with van der Waals surface area (Å²) in [5.41, 5.74) is -0.210. The summed E-state index contributed by atoms with van der Waals surface area (Å²) in [6.45, 7) is 1.32. The Hall–Kier alpha value is -4.01. The van der Waals surface area contributed by atoms with Crippen LogP contribution in [0.1, 0.15) is 17.5 Å². The molecule has 0 radical (unpaired) electrons. The first-order valence-electron chi connectivity index (χ1n) is 8.14. The number of rotatable bonds is 5. The number of amides is 1. The Morgan fingerprint density at radius 2 is 1.89 bits per heavy atom. The van der Waals surface area contributed by atoms with E-state index in [1.54, 1.807) is 18.2 Å². The number of para-hydroxylation sites is 1. The molecule has 1 aromatic heterocycles. The van der Waals surface area contributed by atoms with E-state index < -0.39 is 28.3 Å². The third-order valence-electron chi connectivity index (χ3n) is 3.81. The van der Waals surface area contributed by atoms with Crippen molar-refractivity contribution in [2.24, 2.45) is 0 Å². The van der Waals surface area contributed by atoms with Crippen LogP contribution in [-0.2, 0) is 9.53 Å². The molecule has 2 aromatic carbocycles. The monoisotopic (exact) mass is 382 g/mol. The second-order valence-corrected chi connectivity index (χ2v) is 5.82. The summed E-state index contributed by atoms with van der Waals surface area (Å²) in [5.74, 6) is -2.01. The highest BCUT2D eigenvalue weighted by molar-refractivity contribution is 5.97. The van der Waals surface area contributed by atoms with Gasteiger partial charge in [0.2, 0.25) is 5.76 Å². The summed E-state index contributed by atoms with van der Waals surface area (Å²) in [4.78, 5) is 46.7. The number of non-ortho nitro benzene ring substituents is 1. The van der Waals surface area contributed by atoms with Crippen LogP contribution >= 0.6 is 0 Å². The van der Waals surface area contributed by atoms with Crippen molar-refractivity contribution in [3.05, 3.63) is 80.7 Å². The van der Waals surface area contributed by atoms with Crippen molar-refractivity contribution in [3.8, 4) is 0 Å². The number of hydrogen-bond acceptors (Lipinski definition) is 7. The van der Waals surface area contributed by atoms with Gasteiger partial charge in [-0.3, -0.25) is 19.7 Å². The van der Waals surface area contributed by atoms with Gasteiger partial charge in [0.15, 0.2) is 11.5 Å². The van der Waals surface area contributed by atoms with Gasteiger partial charge in [-0.05, 0) is 25.1 Å². The zero-order valence-electron chi connectivity index (χ0n) is 14.6. The van der Waals surface area contributed by atoms with Crippen LogP contribution in [0.25, 0.3) is 11.0 Å². The summed E-state index contributed by atoms with van der Waals surface area (Å²) < 4.78 is 10.4. The smallest absolute Gasteiger partial charge is 0.375 e. The van der Waals surface area contributed by atoms with Gasteiger partial charge in [0.1, 0.15) is 5.58 Å². The van der Waals surface area contributed by atoms with Crippen molar-refractivity contribution in [3.63, 3.8) is 0 Å². The molecular weight excluding hydrogens is 368 g/mol. The van der Waals surface area contributed by atoms with Crippen molar-refractivity contribution in [1.29, 1.82) is 0 Å². The lowest BCUT2D eigenvalue weighted by Crippen LogP contribution is -2.30. The molecule has 9 nitrogen and oxygen atoms in total. The van der Waals surface area contributed by atoms with Crippen LogP contribution in [0.15, 0.2) is 63.8 Å². The van der Waals surface area contributed by atoms with Crippen molar-refractivity contribution < 1.29 is 23.7 Å². The predicted molar refractivity (Wildman–Crippen MR) is 99.1 cm³/mol. The molecule has 0 aliphatic carbocycles. The molecule has 0 saturated heterocycles. The van der Waals surface area contributed by atoms with E-state index in [4.69, 9.17) is 9.15 Å². The molecular formula is C19H14N2O7. The maximum Gasteiger partial charge on any atom is 0.375 e. The second-order valence-electron chi connectivity index (χ2n) is 5.82. The number of nitro groups is 1. The fourth-order valence-corrected chi connectivity index (χ4v) is 2.42. The van der Waals surface area contributed by atoms with Gasteiger partial charge in [-0.2, -0.15) is 0 Å². The number of nitro benzene ring substituents is 1. The molecule has 1 amide bonds. The van der Waals surface area contributed by atoms with Crippen LogP contribution in [0.2, 0.25) is 0 Å². The van der Waals surface area contributed by atoms with Crippen molar-refractivity contribution in [1.82, 2.24) is 0 Å². The van der Waals surface area contributed by atoms with Crippen LogP contribution in [0, 0.1) is 10.1 Å². The largest absolute Gasteiger partial charge is 0.449 e. The average molecular weight is 382 g/mol. The zero-order valence-corrected chi connectivity index (χ0v) is 14.6. The molecule has 0 spiro atoms. The van der Waals surface area contributed by atoms with Crippen LogP contribution < -0.4 is 10.7 Å². The summed E-state index contributed by atoms with van der Waals surface area (Å²) in [6.07, 6.45) is -1.23. The van der Waals surface area contributed by atoms with Crippen LogP contribution in [0.3, 0.4) is 0 Å². The first-order valence-corrected chi connectivity index (χ1v) is 8.14. The van der Waals surface area contributed by atoms with E-state index in [1.807, 2.05) is 0 Å². The fourth-order valence-electron chi connectivity index (χ4n) is 2.42. The molecule has 0 saturated carbocycles. The SMILES string of the molecule is C[C@@H](OC(=O)c1cc(=O)c2ccccc2o1)C(=O)Nc1cccc([N+](=O)[O-])c1. The van der Waals surface area contributed by atoms with Gasteiger partial charge in [-0.1, -0.05) is 18.2 Å². The lowest BCUT2D eigenvalue weighted by atomic mass is 10.2. The van der Waals surface area contributed by atoms with E-state index in [9.17, 15) is 24.5 Å². The van der Waals surface area contributed by atoms with Crippen molar-refractivity contribution in [2.45, 2.75) is 13.0 Å². The molecule has 1 N–H and O–H groups in total. The standard InChI is InChI=1S/C19H14N2O7/c1-11(18(23)20-12-5-4-6-13(9-12)21(25)26)27-19(24)17-10-15(22)14-7-2-3-8-16(14)28-17/h2-11H,1H3,(H,20,23)/t11-/m1/s1. The number of ether oxygens (including phenoxy) is 1. The Bertz CT molecular complexity index is 1140. The fraction of sp³-hybridized carbons (Fsp3) is 0.105. The summed E-state index contributed by atoms with van der Waals surface area (Å²) >= 11 is 0. The van der Waals surface area contributed by atoms with Crippen LogP contribution in [-0.4, -0.2) is 22.9 Å². The van der Waals surface area contributed by atoms with Gasteiger partial charge in [0.25, 0.3) is 11.6 Å². The molecule has 0 aliphatic rings. The Labute approximate surface area is 157 Å². The normalized spacial score (nSPS) is 11.6. The minimum Gasteiger partial charge on any atom is -0.449 e. The summed E-state index contributed by atoms with van der Waals surface area (Å²) in [5, 5.41) is 13.5. The number of anilines is 1. The number of hydrogen-bond donors (Lipinski definition) is 1. The van der Waals surface area contributed by atoms with E-state index in [0.717, 1.165) is 6.07 Å². The molecule has 3 rings (SSSR count). The van der Waals surface area contributed by atoms with E-state index in [1.165, 1.54) is 37.3 Å². The minimum absolute atomic E-state index is 0.180. The Balaban J connectivity index is 1.72.